The van der Waals surface area contributed by atoms with Crippen LogP contribution in [0.3, 0.4) is 0 Å². The van der Waals surface area contributed by atoms with Crippen molar-refractivity contribution < 1.29 is 9.90 Å². The molecule has 0 bridgehead atoms. The van der Waals surface area contributed by atoms with E-state index in [2.05, 4.69) is 18.5 Å². The average Bonchev–Trinajstić information content (AvgIpc) is 2.23. The van der Waals surface area contributed by atoms with Gasteiger partial charge < -0.3 is 10.4 Å². The van der Waals surface area contributed by atoms with Gasteiger partial charge in [0.05, 0.1) is 6.10 Å². The summed E-state index contributed by atoms with van der Waals surface area (Å²) in [5.41, 5.74) is -0.223. The zero-order valence-electron chi connectivity index (χ0n) is 11.2. The Labute approximate surface area is 105 Å². The highest BCUT2D eigenvalue weighted by Crippen LogP contribution is 2.18. The molecule has 0 rings (SSSR count). The molecule has 3 nitrogen and oxygen atoms in total. The summed E-state index contributed by atoms with van der Waals surface area (Å²) >= 11 is 0. The first-order valence-electron chi connectivity index (χ1n) is 6.00. The minimum atomic E-state index is -0.542. The fourth-order valence-corrected chi connectivity index (χ4v) is 1.36. The summed E-state index contributed by atoms with van der Waals surface area (Å²) in [6, 6.07) is 0. The topological polar surface area (TPSA) is 49.3 Å². The number of allylic oxidation sites excluding steroid dienone is 2. The Morgan fingerprint density at radius 1 is 1.29 bits per heavy atom. The Kier molecular flexibility index (Phi) is 6.81. The largest absolute Gasteiger partial charge is 0.391 e. The third kappa shape index (κ3) is 6.27. The third-order valence-corrected chi connectivity index (χ3v) is 2.74. The minimum Gasteiger partial charge on any atom is -0.391 e. The summed E-state index contributed by atoms with van der Waals surface area (Å²) in [4.78, 5) is 11.8. The highest BCUT2D eigenvalue weighted by molar-refractivity contribution is 5.79. The second-order valence-electron chi connectivity index (χ2n) is 5.37. The fraction of sp³-hybridized carbons (Fsp3) is 0.643. The van der Waals surface area contributed by atoms with E-state index < -0.39 is 6.10 Å². The normalized spacial score (nSPS) is 13.2. The van der Waals surface area contributed by atoms with Crippen LogP contribution >= 0.6 is 0 Å². The van der Waals surface area contributed by atoms with E-state index in [1.807, 2.05) is 20.8 Å². The monoisotopic (exact) mass is 239 g/mol. The number of hydrogen-bond acceptors (Lipinski definition) is 2. The molecule has 0 saturated heterocycles. The van der Waals surface area contributed by atoms with Gasteiger partial charge in [-0.15, -0.1) is 13.2 Å². The SMILES string of the molecule is C=CCC(CC=C)C(=O)NCC(O)C(C)(C)C. The second-order valence-corrected chi connectivity index (χ2v) is 5.37. The lowest BCUT2D eigenvalue weighted by molar-refractivity contribution is -0.125. The van der Waals surface area contributed by atoms with Crippen LogP contribution in [0.1, 0.15) is 33.6 Å². The standard InChI is InChI=1S/C14H25NO2/c1-6-8-11(9-7-2)13(17)15-10-12(16)14(3,4)5/h6-7,11-12,16H,1-2,8-10H2,3-5H3,(H,15,17). The Bertz CT molecular complexity index is 256. The molecule has 0 radical (unpaired) electrons. The average molecular weight is 239 g/mol. The van der Waals surface area contributed by atoms with E-state index in [0.717, 1.165) is 0 Å². The van der Waals surface area contributed by atoms with Gasteiger partial charge in [-0.25, -0.2) is 0 Å². The van der Waals surface area contributed by atoms with Gasteiger partial charge in [0.2, 0.25) is 5.91 Å². The number of aliphatic hydroxyl groups excluding tert-OH is 1. The fourth-order valence-electron chi connectivity index (χ4n) is 1.36. The molecule has 0 aromatic heterocycles. The van der Waals surface area contributed by atoms with Gasteiger partial charge >= 0.3 is 0 Å². The zero-order chi connectivity index (χ0) is 13.5. The zero-order valence-corrected chi connectivity index (χ0v) is 11.2. The maximum Gasteiger partial charge on any atom is 0.223 e. The number of hydrogen-bond donors (Lipinski definition) is 2. The first-order chi connectivity index (χ1) is 7.82. The lowest BCUT2D eigenvalue weighted by Gasteiger charge is -2.26. The van der Waals surface area contributed by atoms with Crippen LogP contribution in [-0.2, 0) is 4.79 Å². The molecule has 0 fully saturated rings. The summed E-state index contributed by atoms with van der Waals surface area (Å²) in [7, 11) is 0. The minimum absolute atomic E-state index is 0.0481. The molecule has 1 unspecified atom stereocenters. The third-order valence-electron chi connectivity index (χ3n) is 2.74. The predicted molar refractivity (Wildman–Crippen MR) is 71.6 cm³/mol. The van der Waals surface area contributed by atoms with Crippen molar-refractivity contribution in [3.05, 3.63) is 25.3 Å². The molecule has 2 N–H and O–H groups in total. The van der Waals surface area contributed by atoms with Crippen molar-refractivity contribution in [2.45, 2.75) is 39.7 Å². The molecule has 0 aliphatic rings. The van der Waals surface area contributed by atoms with Crippen LogP contribution in [0.25, 0.3) is 0 Å². The van der Waals surface area contributed by atoms with Gasteiger partial charge in [-0.3, -0.25) is 4.79 Å². The van der Waals surface area contributed by atoms with Crippen molar-refractivity contribution in [3.63, 3.8) is 0 Å². The van der Waals surface area contributed by atoms with Crippen LogP contribution < -0.4 is 5.32 Å². The van der Waals surface area contributed by atoms with Crippen LogP contribution in [0.4, 0.5) is 0 Å². The van der Waals surface area contributed by atoms with Crippen molar-refractivity contribution in [1.29, 1.82) is 0 Å². The van der Waals surface area contributed by atoms with Crippen LogP contribution in [0, 0.1) is 11.3 Å². The molecular weight excluding hydrogens is 214 g/mol. The molecule has 1 amide bonds. The van der Waals surface area contributed by atoms with Crippen LogP contribution in [0.5, 0.6) is 0 Å². The van der Waals surface area contributed by atoms with E-state index >= 15 is 0 Å². The van der Waals surface area contributed by atoms with Gasteiger partial charge in [-0.1, -0.05) is 32.9 Å². The lowest BCUT2D eigenvalue weighted by atomic mass is 9.89. The number of aliphatic hydroxyl groups is 1. The highest BCUT2D eigenvalue weighted by atomic mass is 16.3. The van der Waals surface area contributed by atoms with Gasteiger partial charge in [-0.05, 0) is 18.3 Å². The van der Waals surface area contributed by atoms with E-state index in [1.165, 1.54) is 0 Å². The number of carbonyl (C=O) groups excluding carboxylic acids is 1. The van der Waals surface area contributed by atoms with Gasteiger partial charge in [0.15, 0.2) is 0 Å². The molecule has 0 spiro atoms. The number of rotatable bonds is 7. The van der Waals surface area contributed by atoms with Crippen LogP contribution in [0.15, 0.2) is 25.3 Å². The second kappa shape index (κ2) is 7.28. The molecule has 0 aliphatic heterocycles. The van der Waals surface area contributed by atoms with E-state index in [4.69, 9.17) is 0 Å². The maximum absolute atomic E-state index is 11.8. The van der Waals surface area contributed by atoms with Gasteiger partial charge in [0, 0.05) is 12.5 Å². The molecule has 0 saturated carbocycles. The smallest absolute Gasteiger partial charge is 0.223 e. The van der Waals surface area contributed by atoms with E-state index in [-0.39, 0.29) is 23.8 Å². The molecule has 0 heterocycles. The Hall–Kier alpha value is -1.09. The number of amides is 1. The molecular formula is C14H25NO2. The summed E-state index contributed by atoms with van der Waals surface area (Å²) in [6.07, 6.45) is 4.17. The molecule has 17 heavy (non-hydrogen) atoms. The summed E-state index contributed by atoms with van der Waals surface area (Å²) in [5.74, 6) is -0.176. The van der Waals surface area contributed by atoms with Crippen molar-refractivity contribution in [2.24, 2.45) is 11.3 Å². The lowest BCUT2D eigenvalue weighted by Crippen LogP contribution is -2.41. The van der Waals surface area contributed by atoms with Crippen molar-refractivity contribution >= 4 is 5.91 Å². The van der Waals surface area contributed by atoms with Gasteiger partial charge in [0.25, 0.3) is 0 Å². The molecule has 3 heteroatoms. The van der Waals surface area contributed by atoms with E-state index in [1.54, 1.807) is 12.2 Å². The summed E-state index contributed by atoms with van der Waals surface area (Å²) in [6.45, 7) is 13.4. The number of nitrogens with one attached hydrogen (secondary N) is 1. The highest BCUT2D eigenvalue weighted by Gasteiger charge is 2.23. The van der Waals surface area contributed by atoms with Crippen LogP contribution in [-0.4, -0.2) is 23.7 Å². The Morgan fingerprint density at radius 2 is 1.76 bits per heavy atom. The van der Waals surface area contributed by atoms with Gasteiger partial charge in [0.1, 0.15) is 0 Å². The summed E-state index contributed by atoms with van der Waals surface area (Å²) in [5, 5.41) is 12.6. The first kappa shape index (κ1) is 15.9. The molecule has 0 aromatic rings. The van der Waals surface area contributed by atoms with Crippen molar-refractivity contribution in [2.75, 3.05) is 6.54 Å². The molecule has 1 atom stereocenters. The molecule has 98 valence electrons. The number of carbonyl (C=O) groups is 1. The Morgan fingerprint density at radius 3 is 2.12 bits per heavy atom. The summed E-state index contributed by atoms with van der Waals surface area (Å²) < 4.78 is 0. The van der Waals surface area contributed by atoms with Gasteiger partial charge in [-0.2, -0.15) is 0 Å². The maximum atomic E-state index is 11.8. The van der Waals surface area contributed by atoms with Crippen LogP contribution in [0.2, 0.25) is 0 Å². The van der Waals surface area contributed by atoms with Crippen molar-refractivity contribution in [1.82, 2.24) is 5.32 Å². The predicted octanol–water partition coefficient (Wildman–Crippen LogP) is 2.28. The quantitative estimate of drug-likeness (QED) is 0.670. The molecule has 0 aliphatic carbocycles. The van der Waals surface area contributed by atoms with E-state index in [0.29, 0.717) is 12.8 Å². The molecule has 0 aromatic carbocycles. The van der Waals surface area contributed by atoms with E-state index in [9.17, 15) is 9.90 Å². The Balaban J connectivity index is 4.22. The first-order valence-corrected chi connectivity index (χ1v) is 6.00. The van der Waals surface area contributed by atoms with Crippen molar-refractivity contribution in [3.8, 4) is 0 Å².